The van der Waals surface area contributed by atoms with Gasteiger partial charge in [0.1, 0.15) is 0 Å². The van der Waals surface area contributed by atoms with Crippen LogP contribution in [0.25, 0.3) is 11.3 Å². The molecule has 5 heteroatoms. The lowest BCUT2D eigenvalue weighted by Crippen LogP contribution is -2.34. The van der Waals surface area contributed by atoms with Gasteiger partial charge < -0.3 is 15.3 Å². The molecule has 0 spiro atoms. The zero-order valence-electron chi connectivity index (χ0n) is 12.0. The van der Waals surface area contributed by atoms with Crippen molar-refractivity contribution in [2.45, 2.75) is 12.6 Å². The molecule has 1 heterocycles. The molecule has 1 aromatic heterocycles. The maximum absolute atomic E-state index is 9.81. The Morgan fingerprint density at radius 3 is 2.75 bits per heavy atom. The molecule has 1 unspecified atom stereocenters. The number of likely N-dealkylation sites (N-methyl/N-ethyl adjacent to an activating group) is 1. The zero-order valence-corrected chi connectivity index (χ0v) is 12.0. The normalized spacial score (nSPS) is 12.8. The Balaban J connectivity index is 1.90. The van der Waals surface area contributed by atoms with Crippen LogP contribution in [0.15, 0.2) is 36.5 Å². The number of aromatic amines is 1. The van der Waals surface area contributed by atoms with Crippen molar-refractivity contribution in [3.8, 4) is 11.3 Å². The highest BCUT2D eigenvalue weighted by Crippen LogP contribution is 2.20. The molecule has 0 bridgehead atoms. The van der Waals surface area contributed by atoms with E-state index in [1.165, 1.54) is 0 Å². The summed E-state index contributed by atoms with van der Waals surface area (Å²) in [5.41, 5.74) is 3.25. The quantitative estimate of drug-likeness (QED) is 0.707. The minimum atomic E-state index is -0.364. The number of nitrogens with one attached hydrogen (secondary N) is 2. The van der Waals surface area contributed by atoms with Gasteiger partial charge in [0.15, 0.2) is 0 Å². The van der Waals surface area contributed by atoms with E-state index in [0.717, 1.165) is 16.8 Å². The first kappa shape index (κ1) is 14.7. The monoisotopic (exact) mass is 274 g/mol. The Morgan fingerprint density at radius 1 is 1.30 bits per heavy atom. The summed E-state index contributed by atoms with van der Waals surface area (Å²) in [6.45, 7) is 1.91. The van der Waals surface area contributed by atoms with Gasteiger partial charge in [-0.1, -0.05) is 30.3 Å². The number of aliphatic hydroxyl groups is 1. The van der Waals surface area contributed by atoms with Crippen molar-refractivity contribution in [2.24, 2.45) is 0 Å². The molecule has 0 saturated heterocycles. The molecule has 0 aliphatic heterocycles. The van der Waals surface area contributed by atoms with Gasteiger partial charge in [0.25, 0.3) is 0 Å². The van der Waals surface area contributed by atoms with E-state index in [0.29, 0.717) is 19.6 Å². The average Bonchev–Trinajstić information content (AvgIpc) is 2.87. The molecule has 0 aliphatic rings. The van der Waals surface area contributed by atoms with Crippen molar-refractivity contribution in [3.05, 3.63) is 42.1 Å². The van der Waals surface area contributed by atoms with E-state index in [1.807, 2.05) is 43.4 Å². The molecule has 0 amide bonds. The largest absolute Gasteiger partial charge is 0.390 e. The summed E-state index contributed by atoms with van der Waals surface area (Å²) in [5.74, 6) is 0. The van der Waals surface area contributed by atoms with E-state index >= 15 is 0 Å². The zero-order chi connectivity index (χ0) is 14.4. The Kier molecular flexibility index (Phi) is 5.29. The van der Waals surface area contributed by atoms with Crippen molar-refractivity contribution in [1.82, 2.24) is 20.4 Å². The van der Waals surface area contributed by atoms with E-state index in [2.05, 4.69) is 27.6 Å². The van der Waals surface area contributed by atoms with Crippen LogP contribution in [0.2, 0.25) is 0 Å². The summed E-state index contributed by atoms with van der Waals surface area (Å²) in [7, 11) is 3.90. The minimum absolute atomic E-state index is 0.364. The summed E-state index contributed by atoms with van der Waals surface area (Å²) in [6, 6.07) is 10.1. The fraction of sp³-hybridized carbons (Fsp3) is 0.400. The smallest absolute Gasteiger partial charge is 0.0791 e. The van der Waals surface area contributed by atoms with Crippen LogP contribution in [0.5, 0.6) is 0 Å². The predicted octanol–water partition coefficient (Wildman–Crippen LogP) is 1.09. The van der Waals surface area contributed by atoms with Gasteiger partial charge in [-0.05, 0) is 19.7 Å². The van der Waals surface area contributed by atoms with Gasteiger partial charge in [0.2, 0.25) is 0 Å². The Labute approximate surface area is 119 Å². The van der Waals surface area contributed by atoms with Crippen molar-refractivity contribution < 1.29 is 5.11 Å². The number of aromatic nitrogens is 2. The van der Waals surface area contributed by atoms with Gasteiger partial charge in [-0.15, -0.1) is 0 Å². The number of hydrogen-bond donors (Lipinski definition) is 3. The van der Waals surface area contributed by atoms with Crippen molar-refractivity contribution >= 4 is 0 Å². The molecule has 1 atom stereocenters. The number of nitrogens with zero attached hydrogens (tertiary/aromatic N) is 2. The molecule has 0 aliphatic carbocycles. The molecule has 0 fully saturated rings. The van der Waals surface area contributed by atoms with E-state index in [4.69, 9.17) is 0 Å². The molecule has 2 rings (SSSR count). The summed E-state index contributed by atoms with van der Waals surface area (Å²) in [5, 5.41) is 20.2. The summed E-state index contributed by atoms with van der Waals surface area (Å²) >= 11 is 0. The van der Waals surface area contributed by atoms with Crippen LogP contribution >= 0.6 is 0 Å². The number of hydrogen-bond acceptors (Lipinski definition) is 4. The van der Waals surface area contributed by atoms with Crippen LogP contribution < -0.4 is 5.32 Å². The fourth-order valence-corrected chi connectivity index (χ4v) is 2.16. The summed E-state index contributed by atoms with van der Waals surface area (Å²) in [6.07, 6.45) is 1.46. The van der Waals surface area contributed by atoms with Crippen LogP contribution in [-0.4, -0.2) is 53.5 Å². The van der Waals surface area contributed by atoms with Crippen LogP contribution in [0, 0.1) is 0 Å². The highest BCUT2D eigenvalue weighted by Gasteiger charge is 2.09. The first-order valence-electron chi connectivity index (χ1n) is 6.78. The van der Waals surface area contributed by atoms with Crippen molar-refractivity contribution in [1.29, 1.82) is 0 Å². The number of rotatable bonds is 7. The highest BCUT2D eigenvalue weighted by atomic mass is 16.3. The fourth-order valence-electron chi connectivity index (χ4n) is 2.16. The summed E-state index contributed by atoms with van der Waals surface area (Å²) in [4.78, 5) is 1.97. The summed E-state index contributed by atoms with van der Waals surface area (Å²) < 4.78 is 0. The van der Waals surface area contributed by atoms with E-state index in [9.17, 15) is 5.11 Å². The second-order valence-electron chi connectivity index (χ2n) is 5.18. The molecule has 5 nitrogen and oxygen atoms in total. The topological polar surface area (TPSA) is 64.2 Å². The second kappa shape index (κ2) is 7.19. The maximum atomic E-state index is 9.81. The predicted molar refractivity (Wildman–Crippen MR) is 80.3 cm³/mol. The van der Waals surface area contributed by atoms with E-state index < -0.39 is 0 Å². The SMILES string of the molecule is CN(C)CC(O)CNCc1cn[nH]c1-c1ccccc1. The van der Waals surface area contributed by atoms with E-state index in [-0.39, 0.29) is 6.10 Å². The van der Waals surface area contributed by atoms with Crippen molar-refractivity contribution in [2.75, 3.05) is 27.2 Å². The highest BCUT2D eigenvalue weighted by molar-refractivity contribution is 5.62. The third-order valence-corrected chi connectivity index (χ3v) is 3.05. The molecular weight excluding hydrogens is 252 g/mol. The first-order chi connectivity index (χ1) is 9.66. The third-order valence-electron chi connectivity index (χ3n) is 3.05. The lowest BCUT2D eigenvalue weighted by atomic mass is 10.1. The molecule has 20 heavy (non-hydrogen) atoms. The van der Waals surface area contributed by atoms with Crippen molar-refractivity contribution in [3.63, 3.8) is 0 Å². The van der Waals surface area contributed by atoms with E-state index in [1.54, 1.807) is 0 Å². The van der Waals surface area contributed by atoms with Gasteiger partial charge in [-0.25, -0.2) is 0 Å². The molecule has 2 aromatic rings. The molecule has 0 radical (unpaired) electrons. The molecule has 0 saturated carbocycles. The first-order valence-corrected chi connectivity index (χ1v) is 6.78. The number of aliphatic hydroxyl groups excluding tert-OH is 1. The van der Waals surface area contributed by atoms with Crippen LogP contribution in [-0.2, 0) is 6.54 Å². The van der Waals surface area contributed by atoms with Crippen LogP contribution in [0.4, 0.5) is 0 Å². The lowest BCUT2D eigenvalue weighted by Gasteiger charge is -2.16. The molecule has 1 aromatic carbocycles. The standard InChI is InChI=1S/C15H22N4O/c1-19(2)11-14(20)10-16-8-13-9-17-18-15(13)12-6-4-3-5-7-12/h3-7,9,14,16,20H,8,10-11H2,1-2H3,(H,17,18). The average molecular weight is 274 g/mol. The number of benzene rings is 1. The van der Waals surface area contributed by atoms with Gasteiger partial charge in [-0.2, -0.15) is 5.10 Å². The maximum Gasteiger partial charge on any atom is 0.0791 e. The number of H-pyrrole nitrogens is 1. The second-order valence-corrected chi connectivity index (χ2v) is 5.18. The van der Waals surface area contributed by atoms with Crippen LogP contribution in [0.3, 0.4) is 0 Å². The molecule has 3 N–H and O–H groups in total. The Hall–Kier alpha value is -1.69. The lowest BCUT2D eigenvalue weighted by molar-refractivity contribution is 0.134. The molecular formula is C15H22N4O. The van der Waals surface area contributed by atoms with Gasteiger partial charge in [0.05, 0.1) is 18.0 Å². The third kappa shape index (κ3) is 4.16. The Morgan fingerprint density at radius 2 is 2.05 bits per heavy atom. The molecule has 108 valence electrons. The van der Waals surface area contributed by atoms with Crippen LogP contribution in [0.1, 0.15) is 5.56 Å². The van der Waals surface area contributed by atoms with Gasteiger partial charge in [-0.3, -0.25) is 5.10 Å². The minimum Gasteiger partial charge on any atom is -0.390 e. The van der Waals surface area contributed by atoms with Gasteiger partial charge >= 0.3 is 0 Å². The van der Waals surface area contributed by atoms with Gasteiger partial charge in [0, 0.05) is 25.2 Å². The Bertz CT molecular complexity index is 510.